The standard InChI is InChI=1S/C18H27NO3/c1-15-5-3-6-16(11-15)12-17(21)19-9-4-7-18(13-19,14-20)8-10-22-2/h3,5-6,11,20H,4,7-10,12-14H2,1-2H3/t18-/m0/s1. The van der Waals surface area contributed by atoms with Crippen LogP contribution in [0, 0.1) is 12.3 Å². The molecule has 2 rings (SSSR count). The first-order chi connectivity index (χ1) is 10.6. The molecule has 1 saturated heterocycles. The van der Waals surface area contributed by atoms with E-state index in [1.807, 2.05) is 30.0 Å². The summed E-state index contributed by atoms with van der Waals surface area (Å²) < 4.78 is 5.16. The van der Waals surface area contributed by atoms with Gasteiger partial charge in [0.1, 0.15) is 0 Å². The maximum Gasteiger partial charge on any atom is 0.227 e. The molecule has 0 saturated carbocycles. The normalized spacial score (nSPS) is 21.9. The first-order valence-electron chi connectivity index (χ1n) is 8.02. The molecule has 1 atom stereocenters. The van der Waals surface area contributed by atoms with Crippen LogP contribution in [-0.2, 0) is 16.0 Å². The van der Waals surface area contributed by atoms with Gasteiger partial charge in [0, 0.05) is 32.2 Å². The Kier molecular flexibility index (Phi) is 5.98. The zero-order valence-corrected chi connectivity index (χ0v) is 13.7. The van der Waals surface area contributed by atoms with E-state index in [0.717, 1.165) is 31.4 Å². The highest BCUT2D eigenvalue weighted by Crippen LogP contribution is 2.33. The van der Waals surface area contributed by atoms with E-state index in [2.05, 4.69) is 6.07 Å². The third-order valence-corrected chi connectivity index (χ3v) is 4.62. The Hall–Kier alpha value is -1.39. The monoisotopic (exact) mass is 305 g/mol. The third-order valence-electron chi connectivity index (χ3n) is 4.62. The topological polar surface area (TPSA) is 49.8 Å². The minimum Gasteiger partial charge on any atom is -0.396 e. The summed E-state index contributed by atoms with van der Waals surface area (Å²) in [6.45, 7) is 4.21. The molecule has 4 nitrogen and oxygen atoms in total. The largest absolute Gasteiger partial charge is 0.396 e. The number of nitrogens with zero attached hydrogens (tertiary/aromatic N) is 1. The highest BCUT2D eigenvalue weighted by atomic mass is 16.5. The number of carbonyl (C=O) groups is 1. The van der Waals surface area contributed by atoms with Gasteiger partial charge in [-0.15, -0.1) is 0 Å². The molecule has 0 aromatic heterocycles. The van der Waals surface area contributed by atoms with Crippen LogP contribution in [-0.4, -0.2) is 49.3 Å². The van der Waals surface area contributed by atoms with Crippen LogP contribution in [0.1, 0.15) is 30.4 Å². The Balaban J connectivity index is 2.00. The fourth-order valence-corrected chi connectivity index (χ4v) is 3.26. The number of aryl methyl sites for hydroxylation is 1. The van der Waals surface area contributed by atoms with E-state index in [4.69, 9.17) is 4.74 Å². The predicted molar refractivity (Wildman–Crippen MR) is 86.7 cm³/mol. The summed E-state index contributed by atoms with van der Waals surface area (Å²) in [5.41, 5.74) is 2.03. The van der Waals surface area contributed by atoms with Crippen molar-refractivity contribution < 1.29 is 14.6 Å². The molecule has 1 aromatic carbocycles. The Morgan fingerprint density at radius 1 is 1.45 bits per heavy atom. The summed E-state index contributed by atoms with van der Waals surface area (Å²) >= 11 is 0. The van der Waals surface area contributed by atoms with Crippen molar-refractivity contribution in [3.8, 4) is 0 Å². The Bertz CT molecular complexity index is 503. The molecule has 0 radical (unpaired) electrons. The van der Waals surface area contributed by atoms with Crippen molar-refractivity contribution in [2.24, 2.45) is 5.41 Å². The van der Waals surface area contributed by atoms with Crippen molar-refractivity contribution in [3.63, 3.8) is 0 Å². The number of piperidine rings is 1. The maximum absolute atomic E-state index is 12.6. The number of aliphatic hydroxyl groups is 1. The van der Waals surface area contributed by atoms with Crippen molar-refractivity contribution >= 4 is 5.91 Å². The van der Waals surface area contributed by atoms with E-state index in [9.17, 15) is 9.90 Å². The highest BCUT2D eigenvalue weighted by molar-refractivity contribution is 5.79. The maximum atomic E-state index is 12.6. The second-order valence-corrected chi connectivity index (χ2v) is 6.49. The number of likely N-dealkylation sites (tertiary alicyclic amines) is 1. The number of aliphatic hydroxyl groups excluding tert-OH is 1. The molecule has 1 aliphatic heterocycles. The SMILES string of the molecule is COCC[C@@]1(CO)CCCN(C(=O)Cc2cccc(C)c2)C1. The van der Waals surface area contributed by atoms with Gasteiger partial charge in [-0.05, 0) is 31.7 Å². The first kappa shape index (κ1) is 17.0. The highest BCUT2D eigenvalue weighted by Gasteiger charge is 2.36. The average molecular weight is 305 g/mol. The quantitative estimate of drug-likeness (QED) is 0.876. The van der Waals surface area contributed by atoms with Gasteiger partial charge in [-0.3, -0.25) is 4.79 Å². The number of hydrogen-bond acceptors (Lipinski definition) is 3. The molecule has 4 heteroatoms. The van der Waals surface area contributed by atoms with E-state index < -0.39 is 0 Å². The van der Waals surface area contributed by atoms with Gasteiger partial charge >= 0.3 is 0 Å². The second kappa shape index (κ2) is 7.75. The van der Waals surface area contributed by atoms with Crippen LogP contribution in [0.25, 0.3) is 0 Å². The minimum absolute atomic E-state index is 0.116. The van der Waals surface area contributed by atoms with Gasteiger partial charge in [0.25, 0.3) is 0 Å². The Morgan fingerprint density at radius 2 is 2.27 bits per heavy atom. The predicted octanol–water partition coefficient (Wildman–Crippen LogP) is 2.18. The molecule has 0 bridgehead atoms. The zero-order valence-electron chi connectivity index (χ0n) is 13.7. The molecule has 122 valence electrons. The lowest BCUT2D eigenvalue weighted by Gasteiger charge is -2.42. The van der Waals surface area contributed by atoms with Crippen LogP contribution in [0.3, 0.4) is 0 Å². The van der Waals surface area contributed by atoms with Crippen LogP contribution in [0.15, 0.2) is 24.3 Å². The molecular formula is C18H27NO3. The van der Waals surface area contributed by atoms with E-state index >= 15 is 0 Å². The van der Waals surface area contributed by atoms with Crippen molar-refractivity contribution in [2.75, 3.05) is 33.4 Å². The van der Waals surface area contributed by atoms with Crippen molar-refractivity contribution in [1.29, 1.82) is 0 Å². The summed E-state index contributed by atoms with van der Waals surface area (Å²) in [4.78, 5) is 14.5. The van der Waals surface area contributed by atoms with Crippen LogP contribution in [0.2, 0.25) is 0 Å². The number of amides is 1. The molecule has 0 aliphatic carbocycles. The summed E-state index contributed by atoms with van der Waals surface area (Å²) in [7, 11) is 1.68. The summed E-state index contributed by atoms with van der Waals surface area (Å²) in [5, 5.41) is 9.80. The van der Waals surface area contributed by atoms with E-state index in [-0.39, 0.29) is 17.9 Å². The first-order valence-corrected chi connectivity index (χ1v) is 8.02. The van der Waals surface area contributed by atoms with Crippen LogP contribution >= 0.6 is 0 Å². The van der Waals surface area contributed by atoms with Gasteiger partial charge in [-0.25, -0.2) is 0 Å². The summed E-state index contributed by atoms with van der Waals surface area (Å²) in [6.07, 6.45) is 3.15. The van der Waals surface area contributed by atoms with E-state index in [1.54, 1.807) is 7.11 Å². The fourth-order valence-electron chi connectivity index (χ4n) is 3.26. The van der Waals surface area contributed by atoms with E-state index in [0.29, 0.717) is 19.6 Å². The molecule has 1 heterocycles. The Labute approximate surface area is 133 Å². The number of hydrogen-bond donors (Lipinski definition) is 1. The summed E-state index contributed by atoms with van der Waals surface area (Å²) in [5.74, 6) is 0.153. The molecule has 0 unspecified atom stereocenters. The number of benzene rings is 1. The van der Waals surface area contributed by atoms with Crippen molar-refractivity contribution in [2.45, 2.75) is 32.6 Å². The lowest BCUT2D eigenvalue weighted by molar-refractivity contribution is -0.135. The van der Waals surface area contributed by atoms with Crippen molar-refractivity contribution in [3.05, 3.63) is 35.4 Å². The number of methoxy groups -OCH3 is 1. The number of rotatable bonds is 6. The summed E-state index contributed by atoms with van der Waals surface area (Å²) in [6, 6.07) is 8.09. The molecular weight excluding hydrogens is 278 g/mol. The molecule has 0 spiro atoms. The average Bonchev–Trinajstić information content (AvgIpc) is 2.53. The molecule has 1 aliphatic rings. The lowest BCUT2D eigenvalue weighted by atomic mass is 9.78. The Morgan fingerprint density at radius 3 is 2.95 bits per heavy atom. The van der Waals surface area contributed by atoms with Gasteiger partial charge in [-0.2, -0.15) is 0 Å². The molecule has 1 aromatic rings. The second-order valence-electron chi connectivity index (χ2n) is 6.49. The van der Waals surface area contributed by atoms with E-state index in [1.165, 1.54) is 5.56 Å². The van der Waals surface area contributed by atoms with Crippen LogP contribution < -0.4 is 0 Å². The van der Waals surface area contributed by atoms with Crippen LogP contribution in [0.5, 0.6) is 0 Å². The van der Waals surface area contributed by atoms with Gasteiger partial charge < -0.3 is 14.7 Å². The molecule has 1 fully saturated rings. The smallest absolute Gasteiger partial charge is 0.227 e. The van der Waals surface area contributed by atoms with Gasteiger partial charge in [0.15, 0.2) is 0 Å². The lowest BCUT2D eigenvalue weighted by Crippen LogP contribution is -2.48. The number of ether oxygens (including phenoxy) is 1. The van der Waals surface area contributed by atoms with Gasteiger partial charge in [-0.1, -0.05) is 29.8 Å². The molecule has 1 amide bonds. The zero-order chi connectivity index (χ0) is 16.0. The van der Waals surface area contributed by atoms with Crippen molar-refractivity contribution in [1.82, 2.24) is 4.90 Å². The number of carbonyl (C=O) groups excluding carboxylic acids is 1. The van der Waals surface area contributed by atoms with Gasteiger partial charge in [0.2, 0.25) is 5.91 Å². The fraction of sp³-hybridized carbons (Fsp3) is 0.611. The minimum atomic E-state index is -0.198. The molecule has 22 heavy (non-hydrogen) atoms. The molecule has 1 N–H and O–H groups in total. The van der Waals surface area contributed by atoms with Crippen LogP contribution in [0.4, 0.5) is 0 Å². The third kappa shape index (κ3) is 4.31. The van der Waals surface area contributed by atoms with Gasteiger partial charge in [0.05, 0.1) is 13.0 Å².